The lowest BCUT2D eigenvalue weighted by molar-refractivity contribution is 1.14. The van der Waals surface area contributed by atoms with E-state index in [1.165, 1.54) is 6.33 Å². The van der Waals surface area contributed by atoms with E-state index < -0.39 is 0 Å². The summed E-state index contributed by atoms with van der Waals surface area (Å²) in [6.45, 7) is 1.86. The molecule has 17 heavy (non-hydrogen) atoms. The van der Waals surface area contributed by atoms with Crippen LogP contribution in [0, 0.1) is 6.92 Å². The molecule has 0 aliphatic heterocycles. The first-order valence-corrected chi connectivity index (χ1v) is 6.04. The van der Waals surface area contributed by atoms with Crippen molar-refractivity contribution in [3.63, 3.8) is 0 Å². The van der Waals surface area contributed by atoms with E-state index in [2.05, 4.69) is 31.2 Å². The number of hydrogen-bond acceptors (Lipinski definition) is 4. The first-order valence-electron chi connectivity index (χ1n) is 4.87. The van der Waals surface area contributed by atoms with E-state index >= 15 is 0 Å². The fraction of sp³-hybridized carbons (Fsp3) is 0.0909. The predicted molar refractivity (Wildman–Crippen MR) is 73.6 cm³/mol. The average Bonchev–Trinajstić information content (AvgIpc) is 2.30. The Morgan fingerprint density at radius 1 is 1.35 bits per heavy atom. The topological polar surface area (TPSA) is 63.8 Å². The lowest BCUT2D eigenvalue weighted by Gasteiger charge is -2.09. The fourth-order valence-electron chi connectivity index (χ4n) is 1.30. The summed E-state index contributed by atoms with van der Waals surface area (Å²) in [5.41, 5.74) is 7.36. The Morgan fingerprint density at radius 3 is 2.82 bits per heavy atom. The molecule has 0 spiro atoms. The first kappa shape index (κ1) is 12.1. The molecule has 3 N–H and O–H groups in total. The van der Waals surface area contributed by atoms with E-state index in [9.17, 15) is 0 Å². The molecule has 4 nitrogen and oxygen atoms in total. The van der Waals surface area contributed by atoms with Crippen LogP contribution in [0.15, 0.2) is 29.0 Å². The predicted octanol–water partition coefficient (Wildman–Crippen LogP) is 3.53. The summed E-state index contributed by atoms with van der Waals surface area (Å²) in [5, 5.41) is 3.78. The van der Waals surface area contributed by atoms with Crippen LogP contribution in [0.2, 0.25) is 5.02 Å². The van der Waals surface area contributed by atoms with Crippen molar-refractivity contribution in [2.45, 2.75) is 6.92 Å². The first-order chi connectivity index (χ1) is 8.08. The van der Waals surface area contributed by atoms with Crippen LogP contribution in [0.4, 0.5) is 17.3 Å². The summed E-state index contributed by atoms with van der Waals surface area (Å²) < 4.78 is 0.851. The van der Waals surface area contributed by atoms with Crippen molar-refractivity contribution < 1.29 is 0 Å². The highest BCUT2D eigenvalue weighted by atomic mass is 79.9. The van der Waals surface area contributed by atoms with Gasteiger partial charge in [0, 0.05) is 15.7 Å². The minimum Gasteiger partial charge on any atom is -0.383 e. The normalized spacial score (nSPS) is 10.3. The Bertz CT molecular complexity index is 559. The number of nitrogens with one attached hydrogen (secondary N) is 1. The highest BCUT2D eigenvalue weighted by Crippen LogP contribution is 2.28. The van der Waals surface area contributed by atoms with Gasteiger partial charge < -0.3 is 11.1 Å². The van der Waals surface area contributed by atoms with Gasteiger partial charge in [0.05, 0.1) is 5.02 Å². The Labute approximate surface area is 112 Å². The highest BCUT2D eigenvalue weighted by Gasteiger charge is 2.05. The van der Waals surface area contributed by atoms with Crippen molar-refractivity contribution in [3.8, 4) is 0 Å². The molecular weight excluding hydrogens is 304 g/mol. The molecule has 0 fully saturated rings. The SMILES string of the molecule is Cc1c(N)ncnc1Nc1ccc(Br)c(Cl)c1. The third-order valence-corrected chi connectivity index (χ3v) is 3.54. The van der Waals surface area contributed by atoms with Crippen LogP contribution < -0.4 is 11.1 Å². The number of nitrogen functional groups attached to an aromatic ring is 1. The van der Waals surface area contributed by atoms with Gasteiger partial charge in [-0.3, -0.25) is 0 Å². The van der Waals surface area contributed by atoms with Crippen molar-refractivity contribution in [3.05, 3.63) is 39.6 Å². The van der Waals surface area contributed by atoms with Crippen molar-refractivity contribution in [1.82, 2.24) is 9.97 Å². The molecule has 0 aliphatic carbocycles. The maximum absolute atomic E-state index is 6.01. The van der Waals surface area contributed by atoms with Gasteiger partial charge in [-0.25, -0.2) is 9.97 Å². The zero-order valence-corrected chi connectivity index (χ0v) is 11.4. The fourth-order valence-corrected chi connectivity index (χ4v) is 1.73. The van der Waals surface area contributed by atoms with Crippen LogP contribution in [-0.2, 0) is 0 Å². The molecule has 0 radical (unpaired) electrons. The van der Waals surface area contributed by atoms with Crippen LogP contribution in [0.5, 0.6) is 0 Å². The van der Waals surface area contributed by atoms with Gasteiger partial charge in [-0.2, -0.15) is 0 Å². The van der Waals surface area contributed by atoms with E-state index in [-0.39, 0.29) is 0 Å². The Kier molecular flexibility index (Phi) is 3.49. The Balaban J connectivity index is 2.31. The van der Waals surface area contributed by atoms with Crippen LogP contribution in [0.25, 0.3) is 0 Å². The smallest absolute Gasteiger partial charge is 0.138 e. The average molecular weight is 314 g/mol. The summed E-state index contributed by atoms with van der Waals surface area (Å²) in [6.07, 6.45) is 1.42. The summed E-state index contributed by atoms with van der Waals surface area (Å²) >= 11 is 9.34. The molecule has 1 heterocycles. The van der Waals surface area contributed by atoms with Gasteiger partial charge in [0.15, 0.2) is 0 Å². The molecule has 0 saturated heterocycles. The van der Waals surface area contributed by atoms with E-state index in [0.717, 1.165) is 15.7 Å². The van der Waals surface area contributed by atoms with Crippen molar-refractivity contribution >= 4 is 44.9 Å². The lowest BCUT2D eigenvalue weighted by atomic mass is 10.3. The number of benzene rings is 1. The standard InChI is InChI=1S/C11H10BrClN4/c1-6-10(14)15-5-16-11(6)17-7-2-3-8(12)9(13)4-7/h2-5H,1H3,(H3,14,15,16,17). The maximum Gasteiger partial charge on any atom is 0.138 e. The monoisotopic (exact) mass is 312 g/mol. The van der Waals surface area contributed by atoms with Gasteiger partial charge in [-0.15, -0.1) is 0 Å². The number of nitrogens with two attached hydrogens (primary N) is 1. The van der Waals surface area contributed by atoms with Crippen molar-refractivity contribution in [2.24, 2.45) is 0 Å². The van der Waals surface area contributed by atoms with Gasteiger partial charge in [0.25, 0.3) is 0 Å². The maximum atomic E-state index is 6.01. The molecule has 0 amide bonds. The number of aromatic nitrogens is 2. The van der Waals surface area contributed by atoms with E-state index in [4.69, 9.17) is 17.3 Å². The summed E-state index contributed by atoms with van der Waals surface area (Å²) in [7, 11) is 0. The Hall–Kier alpha value is -1.33. The zero-order chi connectivity index (χ0) is 12.4. The van der Waals surface area contributed by atoms with Crippen LogP contribution in [0.3, 0.4) is 0 Å². The van der Waals surface area contributed by atoms with Crippen LogP contribution in [0.1, 0.15) is 5.56 Å². The largest absolute Gasteiger partial charge is 0.383 e. The number of hydrogen-bond donors (Lipinski definition) is 2. The van der Waals surface area contributed by atoms with Gasteiger partial charge in [-0.05, 0) is 41.1 Å². The zero-order valence-electron chi connectivity index (χ0n) is 9.04. The number of nitrogens with zero attached hydrogens (tertiary/aromatic N) is 2. The molecule has 0 unspecified atom stereocenters. The lowest BCUT2D eigenvalue weighted by Crippen LogP contribution is -2.01. The third kappa shape index (κ3) is 2.68. The van der Waals surface area contributed by atoms with Gasteiger partial charge >= 0.3 is 0 Å². The van der Waals surface area contributed by atoms with E-state index in [1.807, 2.05) is 25.1 Å². The Morgan fingerprint density at radius 2 is 2.12 bits per heavy atom. The molecular formula is C11H10BrClN4. The van der Waals surface area contributed by atoms with Gasteiger partial charge in [-0.1, -0.05) is 11.6 Å². The molecule has 6 heteroatoms. The van der Waals surface area contributed by atoms with Crippen molar-refractivity contribution in [1.29, 1.82) is 0 Å². The molecule has 0 aliphatic rings. The summed E-state index contributed by atoms with van der Waals surface area (Å²) in [6, 6.07) is 5.57. The quantitative estimate of drug-likeness (QED) is 0.890. The second-order valence-electron chi connectivity index (χ2n) is 3.49. The molecule has 88 valence electrons. The second kappa shape index (κ2) is 4.89. The van der Waals surface area contributed by atoms with Gasteiger partial charge in [0.1, 0.15) is 18.0 Å². The molecule has 0 atom stereocenters. The molecule has 2 rings (SSSR count). The highest BCUT2D eigenvalue weighted by molar-refractivity contribution is 9.10. The molecule has 2 aromatic rings. The molecule has 0 bridgehead atoms. The summed E-state index contributed by atoms with van der Waals surface area (Å²) in [5.74, 6) is 1.14. The molecule has 1 aromatic heterocycles. The molecule has 1 aromatic carbocycles. The molecule has 0 saturated carbocycles. The third-order valence-electron chi connectivity index (χ3n) is 2.31. The van der Waals surface area contributed by atoms with Gasteiger partial charge in [0.2, 0.25) is 0 Å². The minimum absolute atomic E-state index is 0.464. The number of halogens is 2. The van der Waals surface area contributed by atoms with E-state index in [1.54, 1.807) is 0 Å². The number of anilines is 3. The van der Waals surface area contributed by atoms with Crippen LogP contribution in [-0.4, -0.2) is 9.97 Å². The van der Waals surface area contributed by atoms with Crippen molar-refractivity contribution in [2.75, 3.05) is 11.1 Å². The summed E-state index contributed by atoms with van der Waals surface area (Å²) in [4.78, 5) is 8.04. The second-order valence-corrected chi connectivity index (χ2v) is 4.75. The van der Waals surface area contributed by atoms with E-state index in [0.29, 0.717) is 16.7 Å². The number of rotatable bonds is 2. The minimum atomic E-state index is 0.464. The van der Waals surface area contributed by atoms with Crippen LogP contribution >= 0.6 is 27.5 Å².